The number of nitrogens with one attached hydrogen (secondary N) is 2. The highest BCUT2D eigenvalue weighted by molar-refractivity contribution is 8.76. The molecule has 0 fully saturated rings. The van der Waals surface area contributed by atoms with E-state index in [9.17, 15) is 29.4 Å². The van der Waals surface area contributed by atoms with Crippen molar-refractivity contribution in [1.82, 2.24) is 10.6 Å². The smallest absolute Gasteiger partial charge is 0.326 e. The highest BCUT2D eigenvalue weighted by atomic mass is 33.1. The predicted octanol–water partition coefficient (Wildman–Crippen LogP) is 4.94. The van der Waals surface area contributed by atoms with Gasteiger partial charge in [-0.25, -0.2) is 9.59 Å². The van der Waals surface area contributed by atoms with Gasteiger partial charge in [0.2, 0.25) is 0 Å². The first-order chi connectivity index (χ1) is 17.1. The van der Waals surface area contributed by atoms with Gasteiger partial charge in [-0.1, -0.05) is 86.4 Å². The average molecular weight is 533 g/mol. The van der Waals surface area contributed by atoms with Crippen molar-refractivity contribution in [3.05, 3.63) is 59.7 Å². The molecule has 2 amide bonds. The standard InChI is InChI=1S/C26H32N2O6S2/c1-5-15(3)21(25(31)32)27-23(29)17-11-7-9-13-19(17)35-36-20-14-10-8-12-18(20)24(30)28-22(26(33)34)16(4)6-2/h7-16,21-22H,5-6H2,1-4H3,(H,27,29)(H,28,30)(H,31,32)(H,33,34)/t15-,16-,21-,22-/m0/s1. The van der Waals surface area contributed by atoms with E-state index in [4.69, 9.17) is 0 Å². The molecular weight excluding hydrogens is 500 g/mol. The van der Waals surface area contributed by atoms with Crippen molar-refractivity contribution in [2.45, 2.75) is 62.4 Å². The van der Waals surface area contributed by atoms with E-state index in [1.165, 1.54) is 21.6 Å². The number of carbonyl (C=O) groups is 4. The zero-order valence-electron chi connectivity index (χ0n) is 20.7. The quantitative estimate of drug-likeness (QED) is 0.267. The van der Waals surface area contributed by atoms with Crippen LogP contribution in [0.3, 0.4) is 0 Å². The van der Waals surface area contributed by atoms with Crippen LogP contribution in [0.4, 0.5) is 0 Å². The lowest BCUT2D eigenvalue weighted by Gasteiger charge is -2.21. The van der Waals surface area contributed by atoms with Crippen molar-refractivity contribution < 1.29 is 29.4 Å². The van der Waals surface area contributed by atoms with Crippen LogP contribution >= 0.6 is 21.6 Å². The second-order valence-electron chi connectivity index (χ2n) is 8.51. The molecule has 0 saturated heterocycles. The Morgan fingerprint density at radius 1 is 0.694 bits per heavy atom. The van der Waals surface area contributed by atoms with E-state index in [0.29, 0.717) is 33.8 Å². The number of carboxylic acid groups (broad SMARTS) is 2. The molecule has 4 atom stereocenters. The molecule has 2 rings (SSSR count). The van der Waals surface area contributed by atoms with Crippen molar-refractivity contribution in [3.63, 3.8) is 0 Å². The van der Waals surface area contributed by atoms with Crippen LogP contribution in [-0.4, -0.2) is 46.0 Å². The molecule has 0 bridgehead atoms. The summed E-state index contributed by atoms with van der Waals surface area (Å²) in [5, 5.41) is 24.3. The van der Waals surface area contributed by atoms with Crippen LogP contribution in [0.15, 0.2) is 58.3 Å². The van der Waals surface area contributed by atoms with Gasteiger partial charge < -0.3 is 20.8 Å². The highest BCUT2D eigenvalue weighted by Crippen LogP contribution is 2.40. The average Bonchev–Trinajstić information content (AvgIpc) is 2.87. The minimum Gasteiger partial charge on any atom is -0.480 e. The zero-order valence-corrected chi connectivity index (χ0v) is 22.3. The lowest BCUT2D eigenvalue weighted by molar-refractivity contribution is -0.141. The van der Waals surface area contributed by atoms with Crippen molar-refractivity contribution in [1.29, 1.82) is 0 Å². The minimum atomic E-state index is -1.09. The fraction of sp³-hybridized carbons (Fsp3) is 0.385. The Bertz CT molecular complexity index is 1010. The summed E-state index contributed by atoms with van der Waals surface area (Å²) >= 11 is 0. The van der Waals surface area contributed by atoms with Crippen LogP contribution in [0, 0.1) is 11.8 Å². The molecule has 0 aromatic heterocycles. The highest BCUT2D eigenvalue weighted by Gasteiger charge is 2.28. The van der Waals surface area contributed by atoms with E-state index in [2.05, 4.69) is 10.6 Å². The number of rotatable bonds is 13. The monoisotopic (exact) mass is 532 g/mol. The SMILES string of the molecule is CC[C@H](C)[C@H](NC(=O)c1ccccc1SSc1ccccc1C(=O)N[C@H](C(=O)O)[C@@H](C)CC)C(=O)O. The summed E-state index contributed by atoms with van der Waals surface area (Å²) in [5.41, 5.74) is 0.656. The second kappa shape index (κ2) is 13.9. The first-order valence-electron chi connectivity index (χ1n) is 11.7. The molecule has 194 valence electrons. The Balaban J connectivity index is 2.22. The molecule has 0 spiro atoms. The maximum Gasteiger partial charge on any atom is 0.326 e. The minimum absolute atomic E-state index is 0.240. The first kappa shape index (κ1) is 29.3. The summed E-state index contributed by atoms with van der Waals surface area (Å²) in [7, 11) is 2.52. The fourth-order valence-corrected chi connectivity index (χ4v) is 5.71. The van der Waals surface area contributed by atoms with Gasteiger partial charge in [0.15, 0.2) is 0 Å². The van der Waals surface area contributed by atoms with E-state index in [1.807, 2.05) is 13.8 Å². The molecule has 36 heavy (non-hydrogen) atoms. The topological polar surface area (TPSA) is 133 Å². The van der Waals surface area contributed by atoms with Crippen LogP contribution in [0.2, 0.25) is 0 Å². The third-order valence-electron chi connectivity index (χ3n) is 6.02. The third kappa shape index (κ3) is 7.76. The predicted molar refractivity (Wildman–Crippen MR) is 141 cm³/mol. The van der Waals surface area contributed by atoms with Gasteiger partial charge in [0.1, 0.15) is 12.1 Å². The maximum absolute atomic E-state index is 12.9. The van der Waals surface area contributed by atoms with E-state index >= 15 is 0 Å². The first-order valence-corrected chi connectivity index (χ1v) is 13.8. The number of carbonyl (C=O) groups excluding carboxylic acids is 2. The largest absolute Gasteiger partial charge is 0.480 e. The molecule has 2 aromatic carbocycles. The molecule has 0 unspecified atom stereocenters. The van der Waals surface area contributed by atoms with Crippen LogP contribution in [0.25, 0.3) is 0 Å². The Morgan fingerprint density at radius 3 is 1.33 bits per heavy atom. The Kier molecular flexibility index (Phi) is 11.3. The summed E-state index contributed by atoms with van der Waals surface area (Å²) < 4.78 is 0. The summed E-state index contributed by atoms with van der Waals surface area (Å²) in [6.07, 6.45) is 1.20. The summed E-state index contributed by atoms with van der Waals surface area (Å²) in [6, 6.07) is 11.7. The van der Waals surface area contributed by atoms with Crippen molar-refractivity contribution in [3.8, 4) is 0 Å². The molecule has 0 aliphatic heterocycles. The normalized spacial score (nSPS) is 14.2. The fourth-order valence-electron chi connectivity index (χ4n) is 3.35. The van der Waals surface area contributed by atoms with Crippen LogP contribution < -0.4 is 10.6 Å². The summed E-state index contributed by atoms with van der Waals surface area (Å²) in [5.74, 6) is -3.64. The van der Waals surface area contributed by atoms with Gasteiger partial charge in [0.25, 0.3) is 11.8 Å². The van der Waals surface area contributed by atoms with E-state index < -0.39 is 35.8 Å². The van der Waals surface area contributed by atoms with E-state index in [0.717, 1.165) is 0 Å². The lowest BCUT2D eigenvalue weighted by atomic mass is 9.99. The van der Waals surface area contributed by atoms with Crippen LogP contribution in [0.1, 0.15) is 61.3 Å². The second-order valence-corrected chi connectivity index (χ2v) is 10.7. The Hall–Kier alpha value is -2.98. The van der Waals surface area contributed by atoms with E-state index in [1.54, 1.807) is 62.4 Å². The molecule has 0 aliphatic rings. The molecule has 0 saturated carbocycles. The number of benzene rings is 2. The Morgan fingerprint density at radius 2 is 1.03 bits per heavy atom. The number of hydrogen-bond donors (Lipinski definition) is 4. The number of carboxylic acids is 2. The van der Waals surface area contributed by atoms with Crippen LogP contribution in [0.5, 0.6) is 0 Å². The third-order valence-corrected chi connectivity index (χ3v) is 8.50. The summed E-state index contributed by atoms with van der Waals surface area (Å²) in [6.45, 7) is 7.27. The van der Waals surface area contributed by atoms with Gasteiger partial charge in [0.05, 0.1) is 11.1 Å². The Labute approximate surface area is 219 Å². The summed E-state index contributed by atoms with van der Waals surface area (Å²) in [4.78, 5) is 50.4. The lowest BCUT2D eigenvalue weighted by Crippen LogP contribution is -2.45. The number of amides is 2. The van der Waals surface area contributed by atoms with Gasteiger partial charge in [-0.2, -0.15) is 0 Å². The molecule has 0 aliphatic carbocycles. The van der Waals surface area contributed by atoms with Crippen molar-refractivity contribution >= 4 is 45.3 Å². The maximum atomic E-state index is 12.9. The van der Waals surface area contributed by atoms with Crippen LogP contribution in [-0.2, 0) is 9.59 Å². The van der Waals surface area contributed by atoms with Gasteiger partial charge in [-0.15, -0.1) is 0 Å². The molecule has 2 aromatic rings. The molecule has 4 N–H and O–H groups in total. The van der Waals surface area contributed by atoms with Crippen molar-refractivity contribution in [2.75, 3.05) is 0 Å². The molecule has 0 heterocycles. The zero-order chi connectivity index (χ0) is 26.8. The molecule has 8 nitrogen and oxygen atoms in total. The van der Waals surface area contributed by atoms with Gasteiger partial charge in [0, 0.05) is 9.79 Å². The van der Waals surface area contributed by atoms with Crippen molar-refractivity contribution in [2.24, 2.45) is 11.8 Å². The molecule has 10 heteroatoms. The van der Waals surface area contributed by atoms with Gasteiger partial charge in [-0.05, 0) is 36.1 Å². The number of aliphatic carboxylic acids is 2. The van der Waals surface area contributed by atoms with E-state index in [-0.39, 0.29) is 11.8 Å². The molecular formula is C26H32N2O6S2. The van der Waals surface area contributed by atoms with Gasteiger partial charge in [-0.3, -0.25) is 9.59 Å². The molecule has 0 radical (unpaired) electrons. The number of hydrogen-bond acceptors (Lipinski definition) is 6. The van der Waals surface area contributed by atoms with Gasteiger partial charge >= 0.3 is 11.9 Å².